The van der Waals surface area contributed by atoms with Crippen molar-refractivity contribution in [3.05, 3.63) is 72.3 Å². The van der Waals surface area contributed by atoms with E-state index in [0.717, 1.165) is 5.56 Å². The lowest BCUT2D eigenvalue weighted by molar-refractivity contribution is -0.298. The molecule has 1 saturated heterocycles. The van der Waals surface area contributed by atoms with Crippen molar-refractivity contribution in [2.75, 3.05) is 13.2 Å². The Hall–Kier alpha value is -2.26. The van der Waals surface area contributed by atoms with Gasteiger partial charge in [0.25, 0.3) is 0 Å². The topological polar surface area (TPSA) is 120 Å². The molecule has 28 heavy (non-hydrogen) atoms. The highest BCUT2D eigenvalue weighted by Gasteiger charge is 2.43. The summed E-state index contributed by atoms with van der Waals surface area (Å²) in [6, 6.07) is 18.3. The van der Waals surface area contributed by atoms with Gasteiger partial charge < -0.3 is 35.0 Å². The predicted molar refractivity (Wildman–Crippen MR) is 103 cm³/mol. The first kappa shape index (κ1) is 22.0. The van der Waals surface area contributed by atoms with Crippen molar-refractivity contribution in [1.29, 1.82) is 0 Å². The second-order valence-corrected chi connectivity index (χ2v) is 6.18. The van der Waals surface area contributed by atoms with Crippen LogP contribution in [0.25, 0.3) is 6.08 Å². The Morgan fingerprint density at radius 2 is 1.46 bits per heavy atom. The summed E-state index contributed by atoms with van der Waals surface area (Å²) in [6.07, 6.45) is -2.61. The predicted octanol–water partition coefficient (Wildman–Crippen LogP) is 0.908. The zero-order chi connectivity index (χ0) is 20.4. The SMILES string of the molecule is OC[C@H]1O[C@@H](OC/C=C/c2ccccc2)[C@H](O)[C@@H](O)[C@@H]1O.Oc1ccccc1. The van der Waals surface area contributed by atoms with E-state index in [9.17, 15) is 15.3 Å². The van der Waals surface area contributed by atoms with Gasteiger partial charge in [-0.2, -0.15) is 0 Å². The molecule has 3 rings (SSSR count). The highest BCUT2D eigenvalue weighted by Crippen LogP contribution is 2.21. The number of rotatable bonds is 5. The molecule has 1 aliphatic heterocycles. The second kappa shape index (κ2) is 11.6. The maximum Gasteiger partial charge on any atom is 0.187 e. The highest BCUT2D eigenvalue weighted by atomic mass is 16.7. The summed E-state index contributed by atoms with van der Waals surface area (Å²) >= 11 is 0. The highest BCUT2D eigenvalue weighted by molar-refractivity contribution is 5.48. The lowest BCUT2D eigenvalue weighted by atomic mass is 9.99. The minimum atomic E-state index is -1.42. The number of phenolic OH excluding ortho intramolecular Hbond substituents is 1. The zero-order valence-corrected chi connectivity index (χ0v) is 15.3. The molecular formula is C21H26O7. The van der Waals surface area contributed by atoms with E-state index in [1.165, 1.54) is 0 Å². The molecular weight excluding hydrogens is 364 g/mol. The van der Waals surface area contributed by atoms with Crippen LogP contribution >= 0.6 is 0 Å². The zero-order valence-electron chi connectivity index (χ0n) is 15.3. The molecule has 7 heteroatoms. The first-order chi connectivity index (χ1) is 13.5. The fourth-order valence-corrected chi connectivity index (χ4v) is 2.53. The van der Waals surface area contributed by atoms with Crippen LogP contribution < -0.4 is 0 Å². The van der Waals surface area contributed by atoms with Gasteiger partial charge in [-0.25, -0.2) is 0 Å². The lowest BCUT2D eigenvalue weighted by Gasteiger charge is -2.39. The molecule has 0 bridgehead atoms. The molecule has 5 atom stereocenters. The van der Waals surface area contributed by atoms with Crippen LogP contribution in [0.4, 0.5) is 0 Å². The Labute approximate surface area is 163 Å². The summed E-state index contributed by atoms with van der Waals surface area (Å²) in [7, 11) is 0. The fourth-order valence-electron chi connectivity index (χ4n) is 2.53. The minimum Gasteiger partial charge on any atom is -0.508 e. The summed E-state index contributed by atoms with van der Waals surface area (Å²) in [5, 5.41) is 46.7. The number of phenols is 1. The first-order valence-electron chi connectivity index (χ1n) is 8.90. The third kappa shape index (κ3) is 6.72. The molecule has 1 heterocycles. The van der Waals surface area contributed by atoms with Crippen LogP contribution in [0.5, 0.6) is 5.75 Å². The number of aliphatic hydroxyl groups excluding tert-OH is 4. The molecule has 1 aliphatic rings. The molecule has 152 valence electrons. The van der Waals surface area contributed by atoms with Crippen molar-refractivity contribution in [2.24, 2.45) is 0 Å². The molecule has 1 fully saturated rings. The summed E-state index contributed by atoms with van der Waals surface area (Å²) in [5.74, 6) is 0.322. The lowest BCUT2D eigenvalue weighted by Crippen LogP contribution is -2.59. The standard InChI is InChI=1S/C15H20O6.C6H6O/c16-9-11-12(17)13(18)14(19)15(21-11)20-8-4-7-10-5-2-1-3-6-10;7-6-4-2-1-3-5-6/h1-7,11-19H,8-9H2;1-5,7H/b7-4+;/t11-,12-,13+,14-,15-;/m1./s1. The van der Waals surface area contributed by atoms with E-state index in [1.807, 2.05) is 42.5 Å². The smallest absolute Gasteiger partial charge is 0.187 e. The molecule has 0 unspecified atom stereocenters. The number of aliphatic hydroxyl groups is 4. The van der Waals surface area contributed by atoms with E-state index in [0.29, 0.717) is 5.75 Å². The van der Waals surface area contributed by atoms with Crippen molar-refractivity contribution in [3.8, 4) is 5.75 Å². The third-order valence-electron chi connectivity index (χ3n) is 4.07. The maximum absolute atomic E-state index is 9.77. The second-order valence-electron chi connectivity index (χ2n) is 6.18. The van der Waals surface area contributed by atoms with Gasteiger partial charge in [-0.05, 0) is 17.7 Å². The van der Waals surface area contributed by atoms with Gasteiger partial charge >= 0.3 is 0 Å². The summed E-state index contributed by atoms with van der Waals surface area (Å²) < 4.78 is 10.5. The third-order valence-corrected chi connectivity index (χ3v) is 4.07. The van der Waals surface area contributed by atoms with Gasteiger partial charge in [0.2, 0.25) is 0 Å². The van der Waals surface area contributed by atoms with Crippen LogP contribution in [0.3, 0.4) is 0 Å². The molecule has 7 nitrogen and oxygen atoms in total. The quantitative estimate of drug-likeness (QED) is 0.515. The van der Waals surface area contributed by atoms with E-state index in [4.69, 9.17) is 19.7 Å². The summed E-state index contributed by atoms with van der Waals surface area (Å²) in [5.41, 5.74) is 1.01. The Morgan fingerprint density at radius 1 is 0.857 bits per heavy atom. The van der Waals surface area contributed by atoms with Crippen molar-refractivity contribution in [1.82, 2.24) is 0 Å². The van der Waals surface area contributed by atoms with Crippen LogP contribution in [0.15, 0.2) is 66.7 Å². The molecule has 0 aromatic heterocycles. The normalized spacial score (nSPS) is 27.2. The number of benzene rings is 2. The van der Waals surface area contributed by atoms with Crippen LogP contribution in [0, 0.1) is 0 Å². The van der Waals surface area contributed by atoms with Crippen LogP contribution in [-0.2, 0) is 9.47 Å². The van der Waals surface area contributed by atoms with Crippen LogP contribution in [0.1, 0.15) is 5.56 Å². The van der Waals surface area contributed by atoms with Gasteiger partial charge in [-0.3, -0.25) is 0 Å². The number of hydrogen-bond acceptors (Lipinski definition) is 7. The van der Waals surface area contributed by atoms with Gasteiger partial charge in [-0.15, -0.1) is 0 Å². The average molecular weight is 390 g/mol. The van der Waals surface area contributed by atoms with Gasteiger partial charge in [0.05, 0.1) is 13.2 Å². The molecule has 0 radical (unpaired) electrons. The van der Waals surface area contributed by atoms with Crippen LogP contribution in [0.2, 0.25) is 0 Å². The maximum atomic E-state index is 9.77. The number of para-hydroxylation sites is 1. The Bertz CT molecular complexity index is 690. The van der Waals surface area contributed by atoms with Crippen molar-refractivity contribution >= 4 is 6.08 Å². The number of hydrogen-bond donors (Lipinski definition) is 5. The number of aromatic hydroxyl groups is 1. The van der Waals surface area contributed by atoms with E-state index in [2.05, 4.69) is 0 Å². The molecule has 0 saturated carbocycles. The monoisotopic (exact) mass is 390 g/mol. The Kier molecular flexibility index (Phi) is 9.09. The molecule has 0 aliphatic carbocycles. The van der Waals surface area contributed by atoms with Crippen molar-refractivity contribution < 1.29 is 35.0 Å². The van der Waals surface area contributed by atoms with Crippen molar-refractivity contribution in [2.45, 2.75) is 30.7 Å². The van der Waals surface area contributed by atoms with E-state index in [1.54, 1.807) is 30.3 Å². The summed E-state index contributed by atoms with van der Waals surface area (Å²) in [6.45, 7) is -0.303. The van der Waals surface area contributed by atoms with E-state index in [-0.39, 0.29) is 6.61 Å². The fraction of sp³-hybridized carbons (Fsp3) is 0.333. The van der Waals surface area contributed by atoms with Gasteiger partial charge in [0, 0.05) is 0 Å². The Balaban J connectivity index is 0.000000336. The van der Waals surface area contributed by atoms with Gasteiger partial charge in [-0.1, -0.05) is 60.7 Å². The van der Waals surface area contributed by atoms with Crippen LogP contribution in [-0.4, -0.2) is 69.5 Å². The molecule has 5 N–H and O–H groups in total. The molecule has 2 aromatic rings. The molecule has 2 aromatic carbocycles. The molecule has 0 spiro atoms. The first-order valence-corrected chi connectivity index (χ1v) is 8.90. The van der Waals surface area contributed by atoms with Gasteiger partial charge in [0.1, 0.15) is 30.2 Å². The molecule has 0 amide bonds. The number of ether oxygens (including phenoxy) is 2. The minimum absolute atomic E-state index is 0.164. The Morgan fingerprint density at radius 3 is 2.00 bits per heavy atom. The van der Waals surface area contributed by atoms with Crippen molar-refractivity contribution in [3.63, 3.8) is 0 Å². The van der Waals surface area contributed by atoms with E-state index >= 15 is 0 Å². The largest absolute Gasteiger partial charge is 0.508 e. The average Bonchev–Trinajstić information content (AvgIpc) is 2.73. The summed E-state index contributed by atoms with van der Waals surface area (Å²) in [4.78, 5) is 0. The van der Waals surface area contributed by atoms with Gasteiger partial charge in [0.15, 0.2) is 6.29 Å². The van der Waals surface area contributed by atoms with E-state index < -0.39 is 37.3 Å².